The third kappa shape index (κ3) is 3.85. The van der Waals surface area contributed by atoms with Crippen molar-refractivity contribution < 1.29 is 9.18 Å². The van der Waals surface area contributed by atoms with E-state index in [0.29, 0.717) is 16.5 Å². The lowest BCUT2D eigenvalue weighted by molar-refractivity contribution is -0.119. The van der Waals surface area contributed by atoms with Crippen LogP contribution < -0.4 is 5.32 Å². The topological polar surface area (TPSA) is 59.8 Å². The van der Waals surface area contributed by atoms with Crippen LogP contribution in [0.4, 0.5) is 4.39 Å². The summed E-state index contributed by atoms with van der Waals surface area (Å²) in [5.41, 5.74) is 0.397. The van der Waals surface area contributed by atoms with Gasteiger partial charge in [0, 0.05) is 13.1 Å². The minimum absolute atomic E-state index is 0.0465. The molecule has 0 radical (unpaired) electrons. The largest absolute Gasteiger partial charge is 0.353 e. The van der Waals surface area contributed by atoms with Crippen LogP contribution in [0.3, 0.4) is 0 Å². The molecule has 22 heavy (non-hydrogen) atoms. The van der Waals surface area contributed by atoms with Crippen molar-refractivity contribution in [2.75, 3.05) is 5.75 Å². The summed E-state index contributed by atoms with van der Waals surface area (Å²) in [6.07, 6.45) is 0.887. The van der Waals surface area contributed by atoms with Crippen LogP contribution in [0.15, 0.2) is 29.4 Å². The molecule has 2 aromatic rings. The van der Waals surface area contributed by atoms with Gasteiger partial charge in [0.05, 0.1) is 11.3 Å². The van der Waals surface area contributed by atoms with E-state index in [4.69, 9.17) is 0 Å². The Morgan fingerprint density at radius 3 is 2.82 bits per heavy atom. The van der Waals surface area contributed by atoms with Crippen LogP contribution in [0.5, 0.6) is 0 Å². The van der Waals surface area contributed by atoms with Crippen LogP contribution in [0.2, 0.25) is 0 Å². The molecule has 1 aromatic carbocycles. The molecule has 0 aliphatic carbocycles. The summed E-state index contributed by atoms with van der Waals surface area (Å²) < 4.78 is 15.5. The second-order valence-corrected chi connectivity index (χ2v) is 5.95. The number of rotatable bonds is 6. The highest BCUT2D eigenvalue weighted by Crippen LogP contribution is 2.24. The zero-order valence-corrected chi connectivity index (χ0v) is 13.7. The smallest absolute Gasteiger partial charge is 0.230 e. The van der Waals surface area contributed by atoms with Gasteiger partial charge in [-0.05, 0) is 25.5 Å². The Morgan fingerprint density at radius 1 is 1.41 bits per heavy atom. The molecule has 1 aromatic heterocycles. The molecule has 1 atom stereocenters. The normalized spacial score (nSPS) is 12.2. The van der Waals surface area contributed by atoms with Gasteiger partial charge in [-0.25, -0.2) is 4.39 Å². The van der Waals surface area contributed by atoms with Crippen LogP contribution in [0.25, 0.3) is 11.4 Å². The lowest BCUT2D eigenvalue weighted by atomic mass is 10.2. The van der Waals surface area contributed by atoms with E-state index in [1.165, 1.54) is 17.8 Å². The summed E-state index contributed by atoms with van der Waals surface area (Å²) in [4.78, 5) is 11.8. The number of thioether (sulfide) groups is 1. The van der Waals surface area contributed by atoms with E-state index in [-0.39, 0.29) is 23.5 Å². The summed E-state index contributed by atoms with van der Waals surface area (Å²) in [5, 5.41) is 11.5. The molecule has 0 aliphatic heterocycles. The van der Waals surface area contributed by atoms with Gasteiger partial charge >= 0.3 is 0 Å². The Kier molecular flexibility index (Phi) is 5.54. The number of nitrogens with one attached hydrogen (secondary N) is 1. The van der Waals surface area contributed by atoms with E-state index in [1.54, 1.807) is 29.8 Å². The van der Waals surface area contributed by atoms with Crippen molar-refractivity contribution in [1.29, 1.82) is 0 Å². The first-order valence-corrected chi connectivity index (χ1v) is 8.08. The van der Waals surface area contributed by atoms with Gasteiger partial charge in [-0.15, -0.1) is 10.2 Å². The van der Waals surface area contributed by atoms with Crippen molar-refractivity contribution in [1.82, 2.24) is 20.1 Å². The van der Waals surface area contributed by atoms with Gasteiger partial charge in [-0.3, -0.25) is 4.79 Å². The van der Waals surface area contributed by atoms with Crippen molar-refractivity contribution in [2.45, 2.75) is 31.5 Å². The average molecular weight is 322 g/mol. The van der Waals surface area contributed by atoms with Gasteiger partial charge in [0.25, 0.3) is 0 Å². The van der Waals surface area contributed by atoms with Gasteiger partial charge in [0.15, 0.2) is 11.0 Å². The van der Waals surface area contributed by atoms with Crippen molar-refractivity contribution in [3.63, 3.8) is 0 Å². The fourth-order valence-corrected chi connectivity index (χ4v) is 2.59. The van der Waals surface area contributed by atoms with Gasteiger partial charge in [-0.2, -0.15) is 0 Å². The fraction of sp³-hybridized carbons (Fsp3) is 0.400. The van der Waals surface area contributed by atoms with E-state index in [2.05, 4.69) is 15.5 Å². The molecule has 0 saturated carbocycles. The zero-order chi connectivity index (χ0) is 16.1. The highest BCUT2D eigenvalue weighted by molar-refractivity contribution is 7.99. The summed E-state index contributed by atoms with van der Waals surface area (Å²) in [6.45, 7) is 3.97. The maximum absolute atomic E-state index is 13.8. The first-order chi connectivity index (χ1) is 10.5. The first kappa shape index (κ1) is 16.5. The molecule has 0 spiro atoms. The average Bonchev–Trinajstić information content (AvgIpc) is 2.86. The molecule has 0 saturated heterocycles. The third-order valence-corrected chi connectivity index (χ3v) is 4.32. The first-order valence-electron chi connectivity index (χ1n) is 7.09. The lowest BCUT2D eigenvalue weighted by Crippen LogP contribution is -2.33. The Labute approximate surface area is 133 Å². The van der Waals surface area contributed by atoms with Crippen molar-refractivity contribution in [3.8, 4) is 11.4 Å². The van der Waals surface area contributed by atoms with Crippen LogP contribution in [0.1, 0.15) is 20.3 Å². The Hall–Kier alpha value is -1.89. The van der Waals surface area contributed by atoms with E-state index in [9.17, 15) is 9.18 Å². The van der Waals surface area contributed by atoms with Crippen LogP contribution in [0, 0.1) is 5.82 Å². The molecule has 0 aliphatic rings. The highest BCUT2D eigenvalue weighted by atomic mass is 32.2. The predicted octanol–water partition coefficient (Wildman–Crippen LogP) is 2.63. The molecule has 1 amide bonds. The number of amides is 1. The van der Waals surface area contributed by atoms with Gasteiger partial charge in [0.2, 0.25) is 5.91 Å². The fourth-order valence-electron chi connectivity index (χ4n) is 1.87. The molecule has 5 nitrogen and oxygen atoms in total. The molecular formula is C15H19FN4OS. The van der Waals surface area contributed by atoms with Gasteiger partial charge in [0.1, 0.15) is 5.82 Å². The van der Waals surface area contributed by atoms with E-state index in [0.717, 1.165) is 6.42 Å². The molecular weight excluding hydrogens is 303 g/mol. The van der Waals surface area contributed by atoms with Crippen molar-refractivity contribution in [3.05, 3.63) is 30.1 Å². The molecule has 1 unspecified atom stereocenters. The van der Waals surface area contributed by atoms with Crippen LogP contribution in [-0.2, 0) is 11.8 Å². The minimum atomic E-state index is -0.343. The number of halogens is 1. The number of hydrogen-bond donors (Lipinski definition) is 1. The molecule has 2 rings (SSSR count). The van der Waals surface area contributed by atoms with Crippen LogP contribution in [-0.4, -0.2) is 32.5 Å². The summed E-state index contributed by atoms with van der Waals surface area (Å²) in [6, 6.07) is 6.57. The SMILES string of the molecule is CCC(C)NC(=O)CSc1nnc(-c2ccccc2F)n1C. The number of carbonyl (C=O) groups is 1. The van der Waals surface area contributed by atoms with E-state index < -0.39 is 0 Å². The lowest BCUT2D eigenvalue weighted by Gasteiger charge is -2.10. The predicted molar refractivity (Wildman–Crippen MR) is 85.0 cm³/mol. The molecule has 1 heterocycles. The maximum Gasteiger partial charge on any atom is 0.230 e. The molecule has 118 valence electrons. The Morgan fingerprint density at radius 2 is 2.14 bits per heavy atom. The third-order valence-electron chi connectivity index (χ3n) is 3.30. The van der Waals surface area contributed by atoms with Crippen molar-refractivity contribution >= 4 is 17.7 Å². The molecule has 0 bridgehead atoms. The number of aromatic nitrogens is 3. The Balaban J connectivity index is 2.06. The maximum atomic E-state index is 13.8. The quantitative estimate of drug-likeness (QED) is 0.831. The second kappa shape index (κ2) is 7.40. The molecule has 7 heteroatoms. The van der Waals surface area contributed by atoms with Crippen molar-refractivity contribution in [2.24, 2.45) is 7.05 Å². The monoisotopic (exact) mass is 322 g/mol. The number of carbonyl (C=O) groups excluding carboxylic acids is 1. The standard InChI is InChI=1S/C15H19FN4OS/c1-4-10(2)17-13(21)9-22-15-19-18-14(20(15)3)11-7-5-6-8-12(11)16/h5-8,10H,4,9H2,1-3H3,(H,17,21). The zero-order valence-electron chi connectivity index (χ0n) is 12.8. The Bertz CT molecular complexity index is 659. The minimum Gasteiger partial charge on any atom is -0.353 e. The van der Waals surface area contributed by atoms with Gasteiger partial charge < -0.3 is 9.88 Å². The number of benzene rings is 1. The van der Waals surface area contributed by atoms with E-state index >= 15 is 0 Å². The number of hydrogen-bond acceptors (Lipinski definition) is 4. The van der Waals surface area contributed by atoms with E-state index in [1.807, 2.05) is 13.8 Å². The highest BCUT2D eigenvalue weighted by Gasteiger charge is 2.15. The second-order valence-electron chi connectivity index (χ2n) is 5.01. The van der Waals surface area contributed by atoms with Crippen LogP contribution >= 0.6 is 11.8 Å². The number of nitrogens with zero attached hydrogens (tertiary/aromatic N) is 3. The molecule has 1 N–H and O–H groups in total. The summed E-state index contributed by atoms with van der Waals surface area (Å²) in [5.74, 6) is 0.315. The molecule has 0 fully saturated rings. The summed E-state index contributed by atoms with van der Waals surface area (Å²) in [7, 11) is 1.76. The van der Waals surface area contributed by atoms with Gasteiger partial charge in [-0.1, -0.05) is 30.8 Å². The summed E-state index contributed by atoms with van der Waals surface area (Å²) >= 11 is 1.28.